The highest BCUT2D eigenvalue weighted by atomic mass is 35.5. The molecule has 98 valence electrons. The van der Waals surface area contributed by atoms with Crippen LogP contribution in [0.25, 0.3) is 0 Å². The van der Waals surface area contributed by atoms with Crippen molar-refractivity contribution in [3.05, 3.63) is 34.9 Å². The highest BCUT2D eigenvalue weighted by molar-refractivity contribution is 7.98. The first-order valence-corrected chi connectivity index (χ1v) is 7.74. The molecule has 0 aliphatic carbocycles. The smallest absolute Gasteiger partial charge is 0.0960 e. The number of nitrogens with zero attached hydrogens (tertiary/aromatic N) is 1. The second-order valence-electron chi connectivity index (χ2n) is 4.10. The number of benzene rings is 1. The maximum atomic E-state index is 8.96. The van der Waals surface area contributed by atoms with E-state index in [4.69, 9.17) is 16.9 Å². The van der Waals surface area contributed by atoms with Crippen molar-refractivity contribution in [3.8, 4) is 6.07 Å². The Morgan fingerprint density at radius 3 is 2.72 bits per heavy atom. The largest absolute Gasteiger partial charge is 0.302 e. The van der Waals surface area contributed by atoms with Crippen LogP contribution in [-0.2, 0) is 5.75 Å². The third-order valence-electron chi connectivity index (χ3n) is 2.53. The third kappa shape index (κ3) is 6.30. The van der Waals surface area contributed by atoms with Gasteiger partial charge in [0.1, 0.15) is 0 Å². The molecule has 1 N–H and O–H groups in total. The molecule has 1 atom stereocenters. The maximum Gasteiger partial charge on any atom is 0.0960 e. The lowest BCUT2D eigenvalue weighted by molar-refractivity contribution is 0.585. The quantitative estimate of drug-likeness (QED) is 0.736. The van der Waals surface area contributed by atoms with Crippen LogP contribution in [0.1, 0.15) is 25.3 Å². The molecule has 1 aromatic rings. The van der Waals surface area contributed by atoms with Crippen molar-refractivity contribution in [1.82, 2.24) is 5.32 Å². The highest BCUT2D eigenvalue weighted by Gasteiger charge is 2.05. The average molecular weight is 283 g/mol. The first-order chi connectivity index (χ1) is 8.76. The van der Waals surface area contributed by atoms with E-state index in [2.05, 4.69) is 18.3 Å². The number of halogens is 1. The highest BCUT2D eigenvalue weighted by Crippen LogP contribution is 2.16. The summed E-state index contributed by atoms with van der Waals surface area (Å²) in [6.45, 7) is 3.02. The molecule has 0 aromatic heterocycles. The van der Waals surface area contributed by atoms with Gasteiger partial charge in [-0.15, -0.1) is 0 Å². The van der Waals surface area contributed by atoms with Crippen LogP contribution in [-0.4, -0.2) is 18.3 Å². The summed E-state index contributed by atoms with van der Waals surface area (Å²) in [5.41, 5.74) is 1.28. The number of thioether (sulfide) groups is 1. The van der Waals surface area contributed by atoms with E-state index in [0.29, 0.717) is 0 Å². The normalized spacial score (nSPS) is 12.1. The maximum absolute atomic E-state index is 8.96. The van der Waals surface area contributed by atoms with Gasteiger partial charge in [0.15, 0.2) is 0 Å². The van der Waals surface area contributed by atoms with Crippen molar-refractivity contribution in [3.63, 3.8) is 0 Å². The summed E-state index contributed by atoms with van der Waals surface area (Å²) < 4.78 is 0. The van der Waals surface area contributed by atoms with Crippen molar-refractivity contribution >= 4 is 23.4 Å². The summed E-state index contributed by atoms with van der Waals surface area (Å²) >= 11 is 7.69. The van der Waals surface area contributed by atoms with Crippen LogP contribution < -0.4 is 5.32 Å². The molecule has 1 aromatic carbocycles. The van der Waals surface area contributed by atoms with Gasteiger partial charge in [0.25, 0.3) is 0 Å². The molecule has 0 amide bonds. The van der Waals surface area contributed by atoms with Gasteiger partial charge < -0.3 is 5.32 Å². The molecule has 0 aliphatic heterocycles. The Hall–Kier alpha value is -0.690. The number of hydrogen-bond acceptors (Lipinski definition) is 3. The molecular weight excluding hydrogens is 264 g/mol. The average Bonchev–Trinajstić information content (AvgIpc) is 2.40. The summed E-state index contributed by atoms with van der Waals surface area (Å²) in [6, 6.07) is 10.2. The van der Waals surface area contributed by atoms with Gasteiger partial charge >= 0.3 is 0 Å². The summed E-state index contributed by atoms with van der Waals surface area (Å²) in [5.74, 6) is 1.97. The minimum atomic E-state index is -0.0114. The fraction of sp³-hybridized carbons (Fsp3) is 0.500. The van der Waals surface area contributed by atoms with Crippen LogP contribution in [0.5, 0.6) is 0 Å². The zero-order valence-corrected chi connectivity index (χ0v) is 12.2. The molecule has 1 unspecified atom stereocenters. The second-order valence-corrected chi connectivity index (χ2v) is 5.65. The van der Waals surface area contributed by atoms with Gasteiger partial charge in [0.2, 0.25) is 0 Å². The minimum Gasteiger partial charge on any atom is -0.302 e. The van der Waals surface area contributed by atoms with Gasteiger partial charge in [-0.3, -0.25) is 0 Å². The lowest BCUT2D eigenvalue weighted by Gasteiger charge is -2.10. The Labute approximate surface area is 119 Å². The van der Waals surface area contributed by atoms with Crippen LogP contribution in [0, 0.1) is 11.3 Å². The summed E-state index contributed by atoms with van der Waals surface area (Å²) in [5, 5.41) is 13.0. The van der Waals surface area contributed by atoms with Crippen LogP contribution in [0.3, 0.4) is 0 Å². The fourth-order valence-corrected chi connectivity index (χ4v) is 2.60. The zero-order valence-electron chi connectivity index (χ0n) is 10.7. The van der Waals surface area contributed by atoms with Crippen molar-refractivity contribution in [2.75, 3.05) is 12.3 Å². The van der Waals surface area contributed by atoms with Crippen molar-refractivity contribution in [1.29, 1.82) is 5.26 Å². The van der Waals surface area contributed by atoms with E-state index >= 15 is 0 Å². The predicted octanol–water partition coefficient (Wildman–Crippen LogP) is 3.86. The Kier molecular flexibility index (Phi) is 7.91. The molecule has 0 saturated carbocycles. The lowest BCUT2D eigenvalue weighted by atomic mass is 10.2. The van der Waals surface area contributed by atoms with E-state index in [0.717, 1.165) is 35.9 Å². The zero-order chi connectivity index (χ0) is 13.2. The monoisotopic (exact) mass is 282 g/mol. The topological polar surface area (TPSA) is 35.8 Å². The van der Waals surface area contributed by atoms with E-state index in [-0.39, 0.29) is 6.04 Å². The molecule has 0 radical (unpaired) electrons. The molecule has 0 aliphatic rings. The lowest BCUT2D eigenvalue weighted by Crippen LogP contribution is -2.28. The van der Waals surface area contributed by atoms with E-state index in [9.17, 15) is 0 Å². The summed E-state index contributed by atoms with van der Waals surface area (Å²) in [6.07, 6.45) is 1.96. The van der Waals surface area contributed by atoms with E-state index < -0.39 is 0 Å². The van der Waals surface area contributed by atoms with Crippen LogP contribution in [0.2, 0.25) is 5.02 Å². The molecule has 0 heterocycles. The second kappa shape index (κ2) is 9.27. The van der Waals surface area contributed by atoms with Gasteiger partial charge in [-0.1, -0.05) is 30.7 Å². The first-order valence-electron chi connectivity index (χ1n) is 6.21. The molecule has 18 heavy (non-hydrogen) atoms. The fourth-order valence-electron chi connectivity index (χ4n) is 1.50. The molecule has 4 heteroatoms. The minimum absolute atomic E-state index is 0.0114. The molecule has 1 rings (SSSR count). The van der Waals surface area contributed by atoms with Crippen molar-refractivity contribution in [2.24, 2.45) is 0 Å². The number of nitrogens with one attached hydrogen (secondary N) is 1. The number of rotatable bonds is 8. The molecule has 0 bridgehead atoms. The van der Waals surface area contributed by atoms with Crippen LogP contribution in [0.15, 0.2) is 24.3 Å². The first kappa shape index (κ1) is 15.4. The van der Waals surface area contributed by atoms with Crippen molar-refractivity contribution in [2.45, 2.75) is 31.6 Å². The Bertz CT molecular complexity index is 372. The van der Waals surface area contributed by atoms with Crippen molar-refractivity contribution < 1.29 is 0 Å². The van der Waals surface area contributed by atoms with E-state index in [1.54, 1.807) is 0 Å². The third-order valence-corrected chi connectivity index (χ3v) is 3.84. The van der Waals surface area contributed by atoms with Gasteiger partial charge in [-0.25, -0.2) is 0 Å². The molecule has 0 spiro atoms. The molecular formula is C14H19ClN2S. The van der Waals surface area contributed by atoms with Gasteiger partial charge in [0, 0.05) is 10.8 Å². The van der Waals surface area contributed by atoms with E-state index in [1.807, 2.05) is 36.0 Å². The Morgan fingerprint density at radius 1 is 1.39 bits per heavy atom. The number of nitriles is 1. The summed E-state index contributed by atoms with van der Waals surface area (Å²) in [4.78, 5) is 0. The van der Waals surface area contributed by atoms with E-state index in [1.165, 1.54) is 5.56 Å². The molecule has 0 fully saturated rings. The predicted molar refractivity (Wildman–Crippen MR) is 79.9 cm³/mol. The standard InChI is InChI=1S/C14H19ClN2S/c1-2-8-17-14(10-16)7-9-18-11-12-3-5-13(15)6-4-12/h3-6,14,17H,2,7-9,11H2,1H3. The van der Waals surface area contributed by atoms with Gasteiger partial charge in [-0.05, 0) is 42.8 Å². The molecule has 0 saturated heterocycles. The van der Waals surface area contributed by atoms with Crippen LogP contribution in [0.4, 0.5) is 0 Å². The number of hydrogen-bond donors (Lipinski definition) is 1. The summed E-state index contributed by atoms with van der Waals surface area (Å²) in [7, 11) is 0. The molecule has 2 nitrogen and oxygen atoms in total. The Morgan fingerprint density at radius 2 is 2.11 bits per heavy atom. The Balaban J connectivity index is 2.17. The van der Waals surface area contributed by atoms with Gasteiger partial charge in [0.05, 0.1) is 12.1 Å². The SMILES string of the molecule is CCCNC(C#N)CCSCc1ccc(Cl)cc1. The van der Waals surface area contributed by atoms with Gasteiger partial charge in [-0.2, -0.15) is 17.0 Å². The van der Waals surface area contributed by atoms with Crippen LogP contribution >= 0.6 is 23.4 Å².